The predicted octanol–water partition coefficient (Wildman–Crippen LogP) is 6.52. The van der Waals surface area contributed by atoms with E-state index < -0.39 is 0 Å². The summed E-state index contributed by atoms with van der Waals surface area (Å²) in [5.74, 6) is 1.15. The first kappa shape index (κ1) is 23.0. The number of allylic oxidation sites excluding steroid dienone is 1. The van der Waals surface area contributed by atoms with Crippen molar-refractivity contribution in [3.63, 3.8) is 0 Å². The van der Waals surface area contributed by atoms with Gasteiger partial charge >= 0.3 is 0 Å². The summed E-state index contributed by atoms with van der Waals surface area (Å²) in [6.45, 7) is 6.32. The number of carbonyl (C=O) groups excluding carboxylic acids is 1. The minimum atomic E-state index is -0.217. The molecule has 2 aliphatic rings. The van der Waals surface area contributed by atoms with Crippen molar-refractivity contribution in [3.05, 3.63) is 95.2 Å². The third-order valence-corrected chi connectivity index (χ3v) is 7.25. The highest BCUT2D eigenvalue weighted by Gasteiger charge is 2.36. The molecule has 0 bridgehead atoms. The average molecular weight is 468 g/mol. The molecule has 0 aromatic heterocycles. The van der Waals surface area contributed by atoms with Crippen LogP contribution in [0.2, 0.25) is 0 Å². The van der Waals surface area contributed by atoms with E-state index in [9.17, 15) is 4.79 Å². The van der Waals surface area contributed by atoms with Crippen molar-refractivity contribution in [2.75, 3.05) is 35.7 Å². The number of Topliss-reactive ketones (excluding diaryl/α,β-unsaturated/α-hetero) is 1. The number of ether oxygens (including phenoxy) is 1. The third-order valence-electron chi connectivity index (χ3n) is 7.25. The molecule has 0 spiro atoms. The van der Waals surface area contributed by atoms with Gasteiger partial charge in [0.25, 0.3) is 0 Å². The summed E-state index contributed by atoms with van der Waals surface area (Å²) in [5.41, 5.74) is 7.34. The van der Waals surface area contributed by atoms with E-state index in [1.165, 1.54) is 11.3 Å². The standard InChI is InChI=1S/C30H33N3O2/c1-4-33(5-2)23-14-10-20(11-15-23)22-18-27-29(28(34)19-22)30(21-12-16-24(35-3)17-13-21)32-26-9-7-6-8-25(26)31-27/h6-17,22,30-32H,4-5,18-19H2,1-3H3/t22-,30-/m1/s1. The number of ketones is 1. The zero-order valence-corrected chi connectivity index (χ0v) is 20.7. The molecular formula is C30H33N3O2. The summed E-state index contributed by atoms with van der Waals surface area (Å²) in [6.07, 6.45) is 1.31. The molecule has 2 N–H and O–H groups in total. The average Bonchev–Trinajstić information content (AvgIpc) is 3.07. The Hall–Kier alpha value is -3.73. The minimum Gasteiger partial charge on any atom is -0.497 e. The number of fused-ring (bicyclic) bond motifs is 1. The van der Waals surface area contributed by atoms with Gasteiger partial charge in [0.2, 0.25) is 0 Å². The van der Waals surface area contributed by atoms with Crippen molar-refractivity contribution < 1.29 is 9.53 Å². The van der Waals surface area contributed by atoms with Gasteiger partial charge in [0.1, 0.15) is 5.75 Å². The number of benzene rings is 3. The van der Waals surface area contributed by atoms with Gasteiger partial charge in [-0.05, 0) is 73.7 Å². The van der Waals surface area contributed by atoms with Crippen molar-refractivity contribution in [1.82, 2.24) is 0 Å². The molecule has 5 nitrogen and oxygen atoms in total. The molecule has 1 aliphatic carbocycles. The molecule has 35 heavy (non-hydrogen) atoms. The van der Waals surface area contributed by atoms with E-state index in [0.29, 0.717) is 6.42 Å². The van der Waals surface area contributed by atoms with Crippen LogP contribution in [0.15, 0.2) is 84.1 Å². The topological polar surface area (TPSA) is 53.6 Å². The van der Waals surface area contributed by atoms with Gasteiger partial charge in [-0.3, -0.25) is 4.79 Å². The Bertz CT molecular complexity index is 1230. The Morgan fingerprint density at radius 1 is 0.857 bits per heavy atom. The normalized spacial score (nSPS) is 19.1. The first-order valence-electron chi connectivity index (χ1n) is 12.5. The van der Waals surface area contributed by atoms with Gasteiger partial charge in [0.05, 0.1) is 24.5 Å². The number of methoxy groups -OCH3 is 1. The van der Waals surface area contributed by atoms with Gasteiger partial charge in [-0.15, -0.1) is 0 Å². The lowest BCUT2D eigenvalue weighted by atomic mass is 9.78. The Balaban J connectivity index is 1.51. The van der Waals surface area contributed by atoms with E-state index in [1.807, 2.05) is 36.4 Å². The van der Waals surface area contributed by atoms with Crippen LogP contribution in [0.1, 0.15) is 49.8 Å². The molecule has 3 aromatic carbocycles. The third kappa shape index (κ3) is 4.51. The highest BCUT2D eigenvalue weighted by molar-refractivity contribution is 6.01. The van der Waals surface area contributed by atoms with E-state index in [0.717, 1.165) is 53.5 Å². The Morgan fingerprint density at radius 3 is 2.17 bits per heavy atom. The smallest absolute Gasteiger partial charge is 0.163 e. The molecule has 0 amide bonds. The number of anilines is 3. The molecule has 2 atom stereocenters. The predicted molar refractivity (Wildman–Crippen MR) is 143 cm³/mol. The molecule has 1 heterocycles. The number of nitrogens with zero attached hydrogens (tertiary/aromatic N) is 1. The molecule has 5 rings (SSSR count). The summed E-state index contributed by atoms with van der Waals surface area (Å²) < 4.78 is 5.35. The van der Waals surface area contributed by atoms with Crippen molar-refractivity contribution in [3.8, 4) is 5.75 Å². The van der Waals surface area contributed by atoms with Gasteiger partial charge in [0.15, 0.2) is 5.78 Å². The molecule has 1 aliphatic heterocycles. The fraction of sp³-hybridized carbons (Fsp3) is 0.300. The van der Waals surface area contributed by atoms with E-state index in [-0.39, 0.29) is 17.7 Å². The quantitative estimate of drug-likeness (QED) is 0.432. The number of carbonyl (C=O) groups is 1. The van der Waals surface area contributed by atoms with Crippen LogP contribution in [0.25, 0.3) is 0 Å². The van der Waals surface area contributed by atoms with Crippen molar-refractivity contribution in [2.45, 2.75) is 38.6 Å². The van der Waals surface area contributed by atoms with Crippen molar-refractivity contribution >= 4 is 22.8 Å². The number of para-hydroxylation sites is 2. The monoisotopic (exact) mass is 467 g/mol. The first-order chi connectivity index (χ1) is 17.1. The molecule has 0 saturated heterocycles. The fourth-order valence-corrected chi connectivity index (χ4v) is 5.32. The van der Waals surface area contributed by atoms with Gasteiger partial charge in [-0.25, -0.2) is 0 Å². The van der Waals surface area contributed by atoms with Gasteiger partial charge < -0.3 is 20.3 Å². The first-order valence-corrected chi connectivity index (χ1v) is 12.5. The second-order valence-corrected chi connectivity index (χ2v) is 9.21. The molecule has 0 radical (unpaired) electrons. The van der Waals surface area contributed by atoms with Gasteiger partial charge in [-0.2, -0.15) is 0 Å². The van der Waals surface area contributed by atoms with E-state index in [4.69, 9.17) is 4.74 Å². The Kier molecular flexibility index (Phi) is 6.49. The number of rotatable bonds is 6. The maximum absolute atomic E-state index is 13.7. The summed E-state index contributed by atoms with van der Waals surface area (Å²) in [4.78, 5) is 16.1. The van der Waals surface area contributed by atoms with Crippen LogP contribution >= 0.6 is 0 Å². The maximum Gasteiger partial charge on any atom is 0.163 e. The van der Waals surface area contributed by atoms with Crippen molar-refractivity contribution in [1.29, 1.82) is 0 Å². The maximum atomic E-state index is 13.7. The fourth-order valence-electron chi connectivity index (χ4n) is 5.32. The molecule has 0 unspecified atom stereocenters. The largest absolute Gasteiger partial charge is 0.497 e. The van der Waals surface area contributed by atoms with Crippen LogP contribution in [0, 0.1) is 0 Å². The zero-order valence-electron chi connectivity index (χ0n) is 20.7. The Morgan fingerprint density at radius 2 is 1.51 bits per heavy atom. The summed E-state index contributed by atoms with van der Waals surface area (Å²) >= 11 is 0. The number of hydrogen-bond acceptors (Lipinski definition) is 5. The molecule has 180 valence electrons. The minimum absolute atomic E-state index is 0.154. The van der Waals surface area contributed by atoms with E-state index >= 15 is 0 Å². The molecular weight excluding hydrogens is 434 g/mol. The second-order valence-electron chi connectivity index (χ2n) is 9.21. The number of hydrogen-bond donors (Lipinski definition) is 2. The molecule has 0 fully saturated rings. The van der Waals surface area contributed by atoms with Gasteiger partial charge in [-0.1, -0.05) is 36.4 Å². The van der Waals surface area contributed by atoms with Crippen molar-refractivity contribution in [2.24, 2.45) is 0 Å². The molecule has 0 saturated carbocycles. The lowest BCUT2D eigenvalue weighted by Crippen LogP contribution is -2.27. The SMILES string of the molecule is CCN(CC)c1ccc([C@H]2CC(=O)C3=C(C2)Nc2ccccc2N[C@@H]3c2ccc(OC)cc2)cc1. The second kappa shape index (κ2) is 9.87. The van der Waals surface area contributed by atoms with Gasteiger partial charge in [0, 0.05) is 36.5 Å². The van der Waals surface area contributed by atoms with Crippen LogP contribution in [-0.4, -0.2) is 26.0 Å². The molecule has 5 heteroatoms. The van der Waals surface area contributed by atoms with Crippen LogP contribution < -0.4 is 20.3 Å². The molecule has 3 aromatic rings. The van der Waals surface area contributed by atoms with E-state index in [1.54, 1.807) is 7.11 Å². The highest BCUT2D eigenvalue weighted by Crippen LogP contribution is 2.44. The summed E-state index contributed by atoms with van der Waals surface area (Å²) in [6, 6.07) is 24.7. The lowest BCUT2D eigenvalue weighted by molar-refractivity contribution is -0.116. The van der Waals surface area contributed by atoms with E-state index in [2.05, 4.69) is 65.8 Å². The summed E-state index contributed by atoms with van der Waals surface area (Å²) in [7, 11) is 1.67. The Labute approximate surface area is 207 Å². The zero-order chi connectivity index (χ0) is 24.4. The summed E-state index contributed by atoms with van der Waals surface area (Å²) in [5, 5.41) is 7.27. The van der Waals surface area contributed by atoms with Crippen LogP contribution in [0.3, 0.4) is 0 Å². The number of nitrogens with one attached hydrogen (secondary N) is 2. The highest BCUT2D eigenvalue weighted by atomic mass is 16.5. The van der Waals surface area contributed by atoms with Crippen LogP contribution in [-0.2, 0) is 4.79 Å². The van der Waals surface area contributed by atoms with Crippen LogP contribution in [0.5, 0.6) is 5.75 Å². The lowest BCUT2D eigenvalue weighted by Gasteiger charge is -2.30. The van der Waals surface area contributed by atoms with Crippen LogP contribution in [0.4, 0.5) is 17.1 Å².